The summed E-state index contributed by atoms with van der Waals surface area (Å²) in [5.74, 6) is -4.00. The van der Waals surface area contributed by atoms with Crippen LogP contribution in [0.3, 0.4) is 0 Å². The third-order valence-electron chi connectivity index (χ3n) is 6.64. The van der Waals surface area contributed by atoms with Crippen molar-refractivity contribution in [1.82, 2.24) is 39.2 Å². The van der Waals surface area contributed by atoms with Crippen LogP contribution in [0.5, 0.6) is 5.88 Å². The van der Waals surface area contributed by atoms with Crippen LogP contribution in [-0.2, 0) is 4.74 Å². The van der Waals surface area contributed by atoms with E-state index in [9.17, 15) is 13.6 Å². The Hall–Kier alpha value is -3.98. The molecule has 2 aliphatic heterocycles. The van der Waals surface area contributed by atoms with Gasteiger partial charge in [0.1, 0.15) is 17.3 Å². The van der Waals surface area contributed by atoms with Crippen molar-refractivity contribution in [2.75, 3.05) is 45.8 Å². The summed E-state index contributed by atoms with van der Waals surface area (Å²) in [6.45, 7) is 0.534. The number of likely N-dealkylation sites (tertiary alicyclic amines) is 1. The van der Waals surface area contributed by atoms with Crippen molar-refractivity contribution in [1.29, 1.82) is 0 Å². The van der Waals surface area contributed by atoms with Gasteiger partial charge in [0.05, 0.1) is 50.9 Å². The Bertz CT molecular complexity index is 1520. The Morgan fingerprint density at radius 1 is 1.24 bits per heavy atom. The number of nitrogens with one attached hydrogen (secondary N) is 2. The van der Waals surface area contributed by atoms with Crippen LogP contribution in [0.4, 0.5) is 19.1 Å². The van der Waals surface area contributed by atoms with E-state index in [0.717, 1.165) is 6.20 Å². The van der Waals surface area contributed by atoms with E-state index in [1.165, 1.54) is 41.7 Å². The number of nitrogens with zero attached hydrogens (tertiary/aromatic N) is 7. The fourth-order valence-electron chi connectivity index (χ4n) is 4.63. The molecule has 2 fully saturated rings. The van der Waals surface area contributed by atoms with Crippen LogP contribution in [0.2, 0.25) is 0 Å². The molecule has 2 N–H and O–H groups in total. The molecular weight excluding hydrogens is 495 g/mol. The molecule has 0 radical (unpaired) electrons. The largest absolute Gasteiger partial charge is 0.479 e. The minimum atomic E-state index is -3.03. The van der Waals surface area contributed by atoms with Crippen LogP contribution in [0, 0.1) is 5.82 Å². The zero-order chi connectivity index (χ0) is 25.9. The third kappa shape index (κ3) is 3.81. The highest BCUT2D eigenvalue weighted by molar-refractivity contribution is 5.93. The topological polar surface area (TPSA) is 123 Å². The van der Waals surface area contributed by atoms with Crippen molar-refractivity contribution in [3.05, 3.63) is 36.3 Å². The molecule has 0 saturated carbocycles. The maximum atomic E-state index is 15.3. The predicted molar refractivity (Wildman–Crippen MR) is 123 cm³/mol. The average Bonchev–Trinajstić information content (AvgIpc) is 3.49. The van der Waals surface area contributed by atoms with Gasteiger partial charge in [0, 0.05) is 31.5 Å². The molecule has 4 aromatic heterocycles. The lowest BCUT2D eigenvalue weighted by molar-refractivity contribution is -0.0711. The molecule has 194 valence electrons. The van der Waals surface area contributed by atoms with E-state index < -0.39 is 30.2 Å². The lowest BCUT2D eigenvalue weighted by atomic mass is 10.1. The van der Waals surface area contributed by atoms with Crippen molar-refractivity contribution in [3.8, 4) is 17.0 Å². The van der Waals surface area contributed by atoms with Gasteiger partial charge in [-0.05, 0) is 0 Å². The summed E-state index contributed by atoms with van der Waals surface area (Å²) in [6, 6.07) is -1.28. The first-order valence-corrected chi connectivity index (χ1v) is 11.4. The first-order chi connectivity index (χ1) is 17.8. The van der Waals surface area contributed by atoms with Crippen molar-refractivity contribution in [3.63, 3.8) is 0 Å². The SMILES string of the molecule is CNC(=O)c1cnc2ncc(-c3c(F)cn4nc(N[C@@H]5CN(C6COC6)CC5(F)F)nc(OC)c34)cn12. The highest BCUT2D eigenvalue weighted by Gasteiger charge is 2.51. The van der Waals surface area contributed by atoms with E-state index in [1.807, 2.05) is 0 Å². The fourth-order valence-corrected chi connectivity index (χ4v) is 4.63. The number of methoxy groups -OCH3 is 1. The number of carbonyl (C=O) groups excluding carboxylic acids is 1. The van der Waals surface area contributed by atoms with Gasteiger partial charge >= 0.3 is 0 Å². The van der Waals surface area contributed by atoms with Crippen LogP contribution in [0.1, 0.15) is 10.5 Å². The molecule has 2 saturated heterocycles. The monoisotopic (exact) mass is 517 g/mol. The summed E-state index contributed by atoms with van der Waals surface area (Å²) < 4.78 is 57.9. The van der Waals surface area contributed by atoms with Crippen LogP contribution < -0.4 is 15.4 Å². The summed E-state index contributed by atoms with van der Waals surface area (Å²) in [6.07, 6.45) is 5.38. The van der Waals surface area contributed by atoms with E-state index in [-0.39, 0.29) is 47.0 Å². The number of amides is 1. The Morgan fingerprint density at radius 2 is 2.03 bits per heavy atom. The maximum absolute atomic E-state index is 15.3. The van der Waals surface area contributed by atoms with Crippen LogP contribution in [0.25, 0.3) is 22.4 Å². The number of alkyl halides is 2. The molecule has 4 aromatic rings. The Labute approximate surface area is 207 Å². The molecule has 37 heavy (non-hydrogen) atoms. The zero-order valence-corrected chi connectivity index (χ0v) is 19.8. The summed E-state index contributed by atoms with van der Waals surface area (Å²) in [5.41, 5.74) is 0.751. The summed E-state index contributed by atoms with van der Waals surface area (Å²) in [4.78, 5) is 26.4. The number of halogens is 3. The molecule has 1 amide bonds. The molecule has 15 heteroatoms. The molecule has 0 unspecified atom stereocenters. The van der Waals surface area contributed by atoms with Gasteiger partial charge in [-0.2, -0.15) is 4.98 Å². The molecule has 0 spiro atoms. The summed E-state index contributed by atoms with van der Waals surface area (Å²) in [7, 11) is 2.82. The Kier molecular flexibility index (Phi) is 5.41. The van der Waals surface area contributed by atoms with Gasteiger partial charge in [-0.25, -0.2) is 27.7 Å². The number of imidazole rings is 1. The molecule has 0 aliphatic carbocycles. The average molecular weight is 517 g/mol. The van der Waals surface area contributed by atoms with Gasteiger partial charge < -0.3 is 20.1 Å². The number of hydrogen-bond donors (Lipinski definition) is 2. The number of rotatable bonds is 6. The molecule has 1 atom stereocenters. The standard InChI is InChI=1S/C22H22F3N9O3/c1-26-18(35)14-4-28-21-27-3-11(5-33(14)21)16-13(23)6-34-17(16)19(36-2)30-20(31-34)29-15-7-32(10-22(15,24)25)12-8-37-9-12/h3-6,12,15H,7-10H2,1-2H3,(H,26,35)(H,29,31)/t15-/m1/s1. The Morgan fingerprint density at radius 3 is 2.73 bits per heavy atom. The smallest absolute Gasteiger partial charge is 0.281 e. The summed E-state index contributed by atoms with van der Waals surface area (Å²) >= 11 is 0. The van der Waals surface area contributed by atoms with E-state index in [2.05, 4.69) is 30.7 Å². The van der Waals surface area contributed by atoms with Crippen molar-refractivity contribution in [2.24, 2.45) is 0 Å². The number of hydrogen-bond acceptors (Lipinski definition) is 9. The molecule has 12 nitrogen and oxygen atoms in total. The lowest BCUT2D eigenvalue weighted by Gasteiger charge is -2.34. The van der Waals surface area contributed by atoms with Crippen molar-refractivity contribution < 1.29 is 27.4 Å². The minimum absolute atomic E-state index is 0.0285. The number of carbonyl (C=O) groups is 1. The predicted octanol–water partition coefficient (Wildman–Crippen LogP) is 1.08. The number of fused-ring (bicyclic) bond motifs is 2. The maximum Gasteiger partial charge on any atom is 0.281 e. The molecule has 2 aliphatic rings. The fraction of sp³-hybridized carbons (Fsp3) is 0.409. The minimum Gasteiger partial charge on any atom is -0.479 e. The van der Waals surface area contributed by atoms with Crippen molar-refractivity contribution in [2.45, 2.75) is 18.0 Å². The summed E-state index contributed by atoms with van der Waals surface area (Å²) in [5, 5.41) is 9.44. The van der Waals surface area contributed by atoms with E-state index >= 15 is 4.39 Å². The lowest BCUT2D eigenvalue weighted by Crippen LogP contribution is -2.48. The van der Waals surface area contributed by atoms with Gasteiger partial charge in [-0.15, -0.1) is 5.10 Å². The third-order valence-corrected chi connectivity index (χ3v) is 6.64. The van der Waals surface area contributed by atoms with Gasteiger partial charge in [0.15, 0.2) is 5.82 Å². The van der Waals surface area contributed by atoms with Gasteiger partial charge in [0.25, 0.3) is 11.8 Å². The molecule has 6 heterocycles. The van der Waals surface area contributed by atoms with Crippen LogP contribution in [0.15, 0.2) is 24.8 Å². The Balaban J connectivity index is 1.38. The normalized spacial score (nSPS) is 19.9. The second-order valence-corrected chi connectivity index (χ2v) is 8.90. The number of aromatic nitrogens is 6. The second-order valence-electron chi connectivity index (χ2n) is 8.90. The van der Waals surface area contributed by atoms with Crippen LogP contribution >= 0.6 is 0 Å². The first kappa shape index (κ1) is 23.4. The van der Waals surface area contributed by atoms with Gasteiger partial charge in [0.2, 0.25) is 17.6 Å². The molecular formula is C22H22F3N9O3. The first-order valence-electron chi connectivity index (χ1n) is 11.4. The second kappa shape index (κ2) is 8.55. The molecule has 0 bridgehead atoms. The highest BCUT2D eigenvalue weighted by Crippen LogP contribution is 2.36. The van der Waals surface area contributed by atoms with E-state index in [4.69, 9.17) is 9.47 Å². The zero-order valence-electron chi connectivity index (χ0n) is 19.8. The highest BCUT2D eigenvalue weighted by atomic mass is 19.3. The van der Waals surface area contributed by atoms with Gasteiger partial charge in [-0.3, -0.25) is 14.1 Å². The molecule has 0 aromatic carbocycles. The van der Waals surface area contributed by atoms with E-state index in [0.29, 0.717) is 18.8 Å². The quantitative estimate of drug-likeness (QED) is 0.387. The molecule has 6 rings (SSSR count). The van der Waals surface area contributed by atoms with Crippen molar-refractivity contribution >= 4 is 23.1 Å². The van der Waals surface area contributed by atoms with Gasteiger partial charge in [-0.1, -0.05) is 0 Å². The number of anilines is 1. The van der Waals surface area contributed by atoms with Crippen LogP contribution in [-0.4, -0.2) is 98.2 Å². The number of ether oxygens (including phenoxy) is 2. The van der Waals surface area contributed by atoms with E-state index in [1.54, 1.807) is 4.90 Å².